The molecule has 5 nitrogen and oxygen atoms in total. The molecule has 1 unspecified atom stereocenters. The van der Waals surface area contributed by atoms with E-state index in [4.69, 9.17) is 15.2 Å². The van der Waals surface area contributed by atoms with Crippen LogP contribution in [0.3, 0.4) is 0 Å². The zero-order valence-corrected chi connectivity index (χ0v) is 10.5. The van der Waals surface area contributed by atoms with Crippen LogP contribution in [0.25, 0.3) is 0 Å². The molecule has 2 N–H and O–H groups in total. The number of ether oxygens (including phenoxy) is 2. The zero-order valence-electron chi connectivity index (χ0n) is 10.5. The first-order chi connectivity index (χ1) is 8.60. The fourth-order valence-electron chi connectivity index (χ4n) is 1.46. The molecule has 5 heteroatoms. The quantitative estimate of drug-likeness (QED) is 0.777. The summed E-state index contributed by atoms with van der Waals surface area (Å²) >= 11 is 0. The molecule has 1 aromatic rings. The highest BCUT2D eigenvalue weighted by atomic mass is 16.6. The summed E-state index contributed by atoms with van der Waals surface area (Å²) in [6.07, 6.45) is -0.281. The number of esters is 1. The van der Waals surface area contributed by atoms with Gasteiger partial charge in [0.05, 0.1) is 12.2 Å². The van der Waals surface area contributed by atoms with Gasteiger partial charge in [0.15, 0.2) is 6.10 Å². The Bertz CT molecular complexity index is 431. The highest BCUT2D eigenvalue weighted by Gasteiger charge is 2.21. The highest BCUT2D eigenvalue weighted by molar-refractivity contribution is 5.95. The molecule has 0 aliphatic rings. The largest absolute Gasteiger partial charge is 0.478 e. The number of carbonyl (C=O) groups is 2. The predicted molar refractivity (Wildman–Crippen MR) is 66.3 cm³/mol. The molecule has 1 rings (SSSR count). The van der Waals surface area contributed by atoms with E-state index in [1.54, 1.807) is 38.1 Å². The summed E-state index contributed by atoms with van der Waals surface area (Å²) in [4.78, 5) is 22.8. The summed E-state index contributed by atoms with van der Waals surface area (Å²) in [5, 5.41) is 0. The van der Waals surface area contributed by atoms with E-state index >= 15 is 0 Å². The summed E-state index contributed by atoms with van der Waals surface area (Å²) in [5.74, 6) is -0.742. The number of hydrogen-bond donors (Lipinski definition) is 1. The van der Waals surface area contributed by atoms with Crippen molar-refractivity contribution in [3.05, 3.63) is 29.8 Å². The topological polar surface area (TPSA) is 78.6 Å². The SMILES string of the molecule is CCOC(=O)C(CC)Oc1ccccc1C(N)=O. The van der Waals surface area contributed by atoms with Gasteiger partial charge in [-0.1, -0.05) is 19.1 Å². The Morgan fingerprint density at radius 1 is 1.28 bits per heavy atom. The van der Waals surface area contributed by atoms with Gasteiger partial charge in [0.25, 0.3) is 5.91 Å². The van der Waals surface area contributed by atoms with Crippen molar-refractivity contribution in [1.82, 2.24) is 0 Å². The number of para-hydroxylation sites is 1. The van der Waals surface area contributed by atoms with Gasteiger partial charge in [0, 0.05) is 0 Å². The van der Waals surface area contributed by atoms with Crippen LogP contribution in [0, 0.1) is 0 Å². The second kappa shape index (κ2) is 6.64. The molecular formula is C13H17NO4. The third kappa shape index (κ3) is 3.48. The molecule has 1 amide bonds. The maximum absolute atomic E-state index is 11.6. The molecule has 18 heavy (non-hydrogen) atoms. The van der Waals surface area contributed by atoms with Crippen molar-refractivity contribution in [3.8, 4) is 5.75 Å². The maximum Gasteiger partial charge on any atom is 0.347 e. The lowest BCUT2D eigenvalue weighted by molar-refractivity contribution is -0.151. The summed E-state index contributed by atoms with van der Waals surface area (Å²) in [7, 11) is 0. The first-order valence-corrected chi connectivity index (χ1v) is 5.82. The van der Waals surface area contributed by atoms with Gasteiger partial charge < -0.3 is 15.2 Å². The summed E-state index contributed by atoms with van der Waals surface area (Å²) < 4.78 is 10.4. The van der Waals surface area contributed by atoms with Gasteiger partial charge in [-0.3, -0.25) is 4.79 Å². The lowest BCUT2D eigenvalue weighted by Gasteiger charge is -2.17. The Hall–Kier alpha value is -2.04. The Kier molecular flexibility index (Phi) is 5.17. The van der Waals surface area contributed by atoms with Crippen molar-refractivity contribution in [2.45, 2.75) is 26.4 Å². The zero-order chi connectivity index (χ0) is 13.5. The van der Waals surface area contributed by atoms with Crippen molar-refractivity contribution in [3.63, 3.8) is 0 Å². The molecule has 0 aliphatic carbocycles. The first kappa shape index (κ1) is 14.0. The van der Waals surface area contributed by atoms with E-state index in [1.165, 1.54) is 0 Å². The molecule has 0 saturated carbocycles. The van der Waals surface area contributed by atoms with Gasteiger partial charge in [-0.2, -0.15) is 0 Å². The Balaban J connectivity index is 2.88. The third-order valence-corrected chi connectivity index (χ3v) is 2.34. The minimum atomic E-state index is -0.731. The van der Waals surface area contributed by atoms with E-state index < -0.39 is 18.0 Å². The molecule has 0 heterocycles. The van der Waals surface area contributed by atoms with E-state index in [9.17, 15) is 9.59 Å². The van der Waals surface area contributed by atoms with Crippen molar-refractivity contribution < 1.29 is 19.1 Å². The Morgan fingerprint density at radius 2 is 1.94 bits per heavy atom. The van der Waals surface area contributed by atoms with Crippen LogP contribution in [0.5, 0.6) is 5.75 Å². The van der Waals surface area contributed by atoms with Gasteiger partial charge in [0.2, 0.25) is 0 Å². The summed E-state index contributed by atoms with van der Waals surface area (Å²) in [5.41, 5.74) is 5.48. The lowest BCUT2D eigenvalue weighted by atomic mass is 10.2. The number of primary amides is 1. The van der Waals surface area contributed by atoms with E-state index in [0.29, 0.717) is 12.2 Å². The monoisotopic (exact) mass is 251 g/mol. The van der Waals surface area contributed by atoms with Crippen LogP contribution in [-0.4, -0.2) is 24.6 Å². The second-order valence-electron chi connectivity index (χ2n) is 3.63. The number of nitrogens with two attached hydrogens (primary N) is 1. The third-order valence-electron chi connectivity index (χ3n) is 2.34. The summed E-state index contributed by atoms with van der Waals surface area (Å²) in [6.45, 7) is 3.81. The van der Waals surface area contributed by atoms with E-state index in [2.05, 4.69) is 0 Å². The van der Waals surface area contributed by atoms with Crippen molar-refractivity contribution in [1.29, 1.82) is 0 Å². The number of benzene rings is 1. The second-order valence-corrected chi connectivity index (χ2v) is 3.63. The molecule has 0 aliphatic heterocycles. The van der Waals surface area contributed by atoms with Crippen molar-refractivity contribution in [2.24, 2.45) is 5.73 Å². The standard InChI is InChI=1S/C13H17NO4/c1-3-10(13(16)17-4-2)18-11-8-6-5-7-9(11)12(14)15/h5-8,10H,3-4H2,1-2H3,(H2,14,15). The fourth-order valence-corrected chi connectivity index (χ4v) is 1.46. The highest BCUT2D eigenvalue weighted by Crippen LogP contribution is 2.20. The van der Waals surface area contributed by atoms with Crippen LogP contribution in [0.15, 0.2) is 24.3 Å². The number of hydrogen-bond acceptors (Lipinski definition) is 4. The molecule has 0 spiro atoms. The molecular weight excluding hydrogens is 234 g/mol. The molecule has 0 aromatic heterocycles. The van der Waals surface area contributed by atoms with E-state index in [-0.39, 0.29) is 12.2 Å². The first-order valence-electron chi connectivity index (χ1n) is 5.82. The molecule has 0 bridgehead atoms. The normalized spacial score (nSPS) is 11.7. The van der Waals surface area contributed by atoms with Gasteiger partial charge in [-0.25, -0.2) is 4.79 Å². The molecule has 1 atom stereocenters. The van der Waals surface area contributed by atoms with Gasteiger partial charge in [0.1, 0.15) is 5.75 Å². The van der Waals surface area contributed by atoms with Gasteiger partial charge >= 0.3 is 5.97 Å². The number of amides is 1. The molecule has 98 valence electrons. The van der Waals surface area contributed by atoms with Gasteiger partial charge in [-0.05, 0) is 25.5 Å². The average molecular weight is 251 g/mol. The average Bonchev–Trinajstić information content (AvgIpc) is 2.36. The Labute approximate surface area is 106 Å². The maximum atomic E-state index is 11.6. The van der Waals surface area contributed by atoms with Crippen molar-refractivity contribution in [2.75, 3.05) is 6.61 Å². The van der Waals surface area contributed by atoms with Crippen LogP contribution in [0.4, 0.5) is 0 Å². The van der Waals surface area contributed by atoms with Crippen LogP contribution >= 0.6 is 0 Å². The van der Waals surface area contributed by atoms with Crippen LogP contribution in [0.1, 0.15) is 30.6 Å². The number of carbonyl (C=O) groups excluding carboxylic acids is 2. The van der Waals surface area contributed by atoms with Crippen LogP contribution in [0.2, 0.25) is 0 Å². The molecule has 0 radical (unpaired) electrons. The van der Waals surface area contributed by atoms with Gasteiger partial charge in [-0.15, -0.1) is 0 Å². The smallest absolute Gasteiger partial charge is 0.347 e. The minimum Gasteiger partial charge on any atom is -0.478 e. The number of rotatable bonds is 6. The summed E-state index contributed by atoms with van der Waals surface area (Å²) in [6, 6.07) is 6.54. The molecule has 0 fully saturated rings. The fraction of sp³-hybridized carbons (Fsp3) is 0.385. The molecule has 0 saturated heterocycles. The van der Waals surface area contributed by atoms with E-state index in [1.807, 2.05) is 0 Å². The molecule has 1 aromatic carbocycles. The van der Waals surface area contributed by atoms with Crippen LogP contribution < -0.4 is 10.5 Å². The van der Waals surface area contributed by atoms with Crippen LogP contribution in [-0.2, 0) is 9.53 Å². The lowest BCUT2D eigenvalue weighted by Crippen LogP contribution is -2.29. The Morgan fingerprint density at radius 3 is 2.50 bits per heavy atom. The predicted octanol–water partition coefficient (Wildman–Crippen LogP) is 1.51. The van der Waals surface area contributed by atoms with Crippen molar-refractivity contribution >= 4 is 11.9 Å². The minimum absolute atomic E-state index is 0.250. The van der Waals surface area contributed by atoms with E-state index in [0.717, 1.165) is 0 Å².